The van der Waals surface area contributed by atoms with Gasteiger partial charge in [-0.25, -0.2) is 4.39 Å². The van der Waals surface area contributed by atoms with E-state index in [-0.39, 0.29) is 12.5 Å². The fraction of sp³-hybridized carbons (Fsp3) is 0.444. The lowest BCUT2D eigenvalue weighted by molar-refractivity contribution is 0.0513. The summed E-state index contributed by atoms with van der Waals surface area (Å²) in [5.41, 5.74) is -0.336. The number of hydrogen-bond acceptors (Lipinski definition) is 3. The molecule has 1 aliphatic heterocycles. The summed E-state index contributed by atoms with van der Waals surface area (Å²) in [5.74, 6) is -0.390. The molecule has 5 nitrogen and oxygen atoms in total. The number of likely N-dealkylation sites (tertiary alicyclic amines) is 1. The van der Waals surface area contributed by atoms with Gasteiger partial charge in [0.1, 0.15) is 5.67 Å². The molecule has 1 aromatic heterocycles. The van der Waals surface area contributed by atoms with Crippen LogP contribution in [0, 0.1) is 0 Å². The van der Waals surface area contributed by atoms with E-state index in [4.69, 9.17) is 34.8 Å². The normalized spacial score (nSPS) is 17.1. The molecule has 1 N–H and O–H groups in total. The highest BCUT2D eigenvalue weighted by molar-refractivity contribution is 6.35. The maximum Gasteiger partial charge on any atom is 0.251 e. The van der Waals surface area contributed by atoms with Crippen molar-refractivity contribution >= 4 is 40.7 Å². The number of piperidine rings is 1. The van der Waals surface area contributed by atoms with Crippen molar-refractivity contribution in [3.63, 3.8) is 0 Å². The van der Waals surface area contributed by atoms with Crippen molar-refractivity contribution in [1.29, 1.82) is 0 Å². The molecule has 27 heavy (non-hydrogen) atoms. The lowest BCUT2D eigenvalue weighted by atomic mass is 9.93. The fourth-order valence-corrected chi connectivity index (χ4v) is 3.90. The Labute approximate surface area is 172 Å². The Morgan fingerprint density at radius 1 is 1.22 bits per heavy atom. The van der Waals surface area contributed by atoms with Crippen LogP contribution in [0.1, 0.15) is 28.9 Å². The minimum atomic E-state index is -1.44. The first-order valence-corrected chi connectivity index (χ1v) is 9.71. The second-order valence-electron chi connectivity index (χ2n) is 6.87. The molecule has 9 heteroatoms. The molecule has 2 aromatic rings. The molecule has 1 aromatic carbocycles. The van der Waals surface area contributed by atoms with Gasteiger partial charge in [-0.05, 0) is 31.0 Å². The molecule has 3 rings (SSSR count). The van der Waals surface area contributed by atoms with Crippen molar-refractivity contribution < 1.29 is 9.18 Å². The van der Waals surface area contributed by atoms with Crippen LogP contribution in [0.25, 0.3) is 0 Å². The second-order valence-corrected chi connectivity index (χ2v) is 8.15. The summed E-state index contributed by atoms with van der Waals surface area (Å²) in [6.07, 6.45) is 2.40. The number of nitrogens with zero attached hydrogens (tertiary/aromatic N) is 3. The Bertz CT molecular complexity index is 814. The number of rotatable bonds is 5. The monoisotopic (exact) mass is 432 g/mol. The van der Waals surface area contributed by atoms with E-state index in [0.717, 1.165) is 5.69 Å². The predicted octanol–water partition coefficient (Wildman–Crippen LogP) is 4.11. The molecular formula is C18H20Cl3FN4O. The lowest BCUT2D eigenvalue weighted by Gasteiger charge is -2.36. The minimum absolute atomic E-state index is 0.0475. The summed E-state index contributed by atoms with van der Waals surface area (Å²) in [6.45, 7) is 1.68. The number of aromatic nitrogens is 2. The van der Waals surface area contributed by atoms with Gasteiger partial charge in [0.2, 0.25) is 0 Å². The molecule has 0 atom stereocenters. The average molecular weight is 434 g/mol. The van der Waals surface area contributed by atoms with E-state index >= 15 is 4.39 Å². The molecule has 0 spiro atoms. The lowest BCUT2D eigenvalue weighted by Crippen LogP contribution is -2.48. The van der Waals surface area contributed by atoms with Gasteiger partial charge in [0, 0.05) is 48.5 Å². The zero-order valence-electron chi connectivity index (χ0n) is 14.8. The largest absolute Gasteiger partial charge is 0.349 e. The highest BCUT2D eigenvalue weighted by atomic mass is 35.5. The first kappa shape index (κ1) is 20.4. The Balaban J connectivity index is 1.51. The van der Waals surface area contributed by atoms with Crippen LogP contribution < -0.4 is 5.32 Å². The number of hydrogen-bond donors (Lipinski definition) is 1. The van der Waals surface area contributed by atoms with Gasteiger partial charge in [-0.2, -0.15) is 5.10 Å². The van der Waals surface area contributed by atoms with Crippen molar-refractivity contribution in [2.24, 2.45) is 7.05 Å². The van der Waals surface area contributed by atoms with E-state index in [1.165, 1.54) is 12.1 Å². The first-order valence-electron chi connectivity index (χ1n) is 8.58. The van der Waals surface area contributed by atoms with Gasteiger partial charge in [0.15, 0.2) is 0 Å². The quantitative estimate of drug-likeness (QED) is 0.772. The molecule has 1 fully saturated rings. The van der Waals surface area contributed by atoms with Gasteiger partial charge < -0.3 is 5.32 Å². The molecule has 1 saturated heterocycles. The van der Waals surface area contributed by atoms with Gasteiger partial charge in [-0.3, -0.25) is 14.4 Å². The summed E-state index contributed by atoms with van der Waals surface area (Å²) < 4.78 is 16.7. The van der Waals surface area contributed by atoms with Crippen LogP contribution >= 0.6 is 34.8 Å². The third-order valence-corrected chi connectivity index (χ3v) is 5.42. The molecule has 1 amide bonds. The molecule has 0 saturated carbocycles. The maximum absolute atomic E-state index is 15.1. The van der Waals surface area contributed by atoms with Crippen molar-refractivity contribution in [2.45, 2.75) is 25.1 Å². The summed E-state index contributed by atoms with van der Waals surface area (Å²) in [6, 6.07) is 4.56. The van der Waals surface area contributed by atoms with E-state index in [9.17, 15) is 4.79 Å². The van der Waals surface area contributed by atoms with Crippen LogP contribution in [0.15, 0.2) is 24.4 Å². The molecule has 1 aliphatic rings. The standard InChI is InChI=1S/C18H20Cl3FN4O/c1-25-9-15(21)16(24-25)10-26-4-2-18(22,3-5-26)11-23-17(27)12-6-13(19)8-14(20)7-12/h6-9H,2-5,10-11H2,1H3,(H,23,27). The summed E-state index contributed by atoms with van der Waals surface area (Å²) in [7, 11) is 1.81. The van der Waals surface area contributed by atoms with Crippen molar-refractivity contribution in [1.82, 2.24) is 20.0 Å². The van der Waals surface area contributed by atoms with Crippen molar-refractivity contribution in [3.05, 3.63) is 50.7 Å². The van der Waals surface area contributed by atoms with E-state index in [0.29, 0.717) is 53.1 Å². The van der Waals surface area contributed by atoms with Crippen LogP contribution in [0.3, 0.4) is 0 Å². The Kier molecular flexibility index (Phi) is 6.31. The van der Waals surface area contributed by atoms with E-state index < -0.39 is 5.67 Å². The molecule has 146 valence electrons. The van der Waals surface area contributed by atoms with Gasteiger partial charge in [0.05, 0.1) is 17.3 Å². The van der Waals surface area contributed by atoms with Crippen LogP contribution in [-0.4, -0.2) is 45.9 Å². The zero-order valence-corrected chi connectivity index (χ0v) is 17.1. The van der Waals surface area contributed by atoms with Gasteiger partial charge >= 0.3 is 0 Å². The summed E-state index contributed by atoms with van der Waals surface area (Å²) in [4.78, 5) is 14.4. The number of alkyl halides is 1. The van der Waals surface area contributed by atoms with Crippen LogP contribution in [-0.2, 0) is 13.6 Å². The predicted molar refractivity (Wildman–Crippen MR) is 105 cm³/mol. The average Bonchev–Trinajstić information content (AvgIpc) is 2.91. The second kappa shape index (κ2) is 8.35. The maximum atomic E-state index is 15.1. The highest BCUT2D eigenvalue weighted by Crippen LogP contribution is 2.28. The van der Waals surface area contributed by atoms with Gasteiger partial charge in [-0.1, -0.05) is 34.8 Å². The van der Waals surface area contributed by atoms with E-state index in [1.54, 1.807) is 16.9 Å². The van der Waals surface area contributed by atoms with E-state index in [1.807, 2.05) is 7.05 Å². The topological polar surface area (TPSA) is 50.2 Å². The van der Waals surface area contributed by atoms with Gasteiger partial charge in [-0.15, -0.1) is 0 Å². The number of aryl methyl sites for hydroxylation is 1. The number of benzene rings is 1. The van der Waals surface area contributed by atoms with Crippen LogP contribution in [0.2, 0.25) is 15.1 Å². The van der Waals surface area contributed by atoms with E-state index in [2.05, 4.69) is 15.3 Å². The highest BCUT2D eigenvalue weighted by Gasteiger charge is 2.35. The molecule has 0 bridgehead atoms. The fourth-order valence-electron chi connectivity index (χ4n) is 3.14. The third kappa shape index (κ3) is 5.35. The van der Waals surface area contributed by atoms with Crippen molar-refractivity contribution in [3.8, 4) is 0 Å². The minimum Gasteiger partial charge on any atom is -0.349 e. The number of amides is 1. The number of carbonyl (C=O) groups is 1. The molecule has 0 aliphatic carbocycles. The molecule has 0 unspecified atom stereocenters. The van der Waals surface area contributed by atoms with Crippen LogP contribution in [0.4, 0.5) is 4.39 Å². The number of nitrogens with one attached hydrogen (secondary N) is 1. The molecule has 0 radical (unpaired) electrons. The smallest absolute Gasteiger partial charge is 0.251 e. The molecular weight excluding hydrogens is 414 g/mol. The van der Waals surface area contributed by atoms with Crippen LogP contribution in [0.5, 0.6) is 0 Å². The molecule has 2 heterocycles. The number of carbonyl (C=O) groups excluding carboxylic acids is 1. The Morgan fingerprint density at radius 2 is 1.85 bits per heavy atom. The van der Waals surface area contributed by atoms with Gasteiger partial charge in [0.25, 0.3) is 5.91 Å². The zero-order chi connectivity index (χ0) is 19.6. The Morgan fingerprint density at radius 3 is 2.41 bits per heavy atom. The SMILES string of the molecule is Cn1cc(Cl)c(CN2CCC(F)(CNC(=O)c3cc(Cl)cc(Cl)c3)CC2)n1. The Hall–Kier alpha value is -1.34. The first-order chi connectivity index (χ1) is 12.7. The summed E-state index contributed by atoms with van der Waals surface area (Å²) >= 11 is 17.9. The number of halogens is 4. The summed E-state index contributed by atoms with van der Waals surface area (Å²) in [5, 5.41) is 8.32. The van der Waals surface area contributed by atoms with Crippen molar-refractivity contribution in [2.75, 3.05) is 19.6 Å². The third-order valence-electron chi connectivity index (χ3n) is 4.67.